The van der Waals surface area contributed by atoms with E-state index >= 15 is 0 Å². The number of aromatic nitrogens is 9. The van der Waals surface area contributed by atoms with Gasteiger partial charge in [0.2, 0.25) is 0 Å². The second-order valence-corrected chi connectivity index (χ2v) is 17.9. The molecule has 0 saturated heterocycles. The van der Waals surface area contributed by atoms with Crippen LogP contribution < -0.4 is 9.47 Å². The number of hydrogen-bond acceptors (Lipinski definition) is 8. The standard InChI is InChI=1S/C57H43N9O2.2Pt/c1-33(2)44-27-38(31-50-54(44)42-15-7-9-17-46(42)64(50)52-19-11-13-25-58-52)67-36-21-23-40-41-24-22-37(30-49(41)66(48(40)29-36)57-62-60-56(35(5)6)61-63-57)68-39-28-45(34(3)4)55-43-16-8-10-18-47(43)65(51(55)32-39)53-20-12-14-26-59-53;;/h7-28,33-35H,1-6H3;;/q-4;2*+2. The summed E-state index contributed by atoms with van der Waals surface area (Å²) in [4.78, 5) is 9.49. The Hall–Kier alpha value is -7.06. The van der Waals surface area contributed by atoms with E-state index in [0.717, 1.165) is 77.1 Å². The van der Waals surface area contributed by atoms with Gasteiger partial charge in [-0.2, -0.15) is 22.9 Å². The molecule has 0 aliphatic carbocycles. The van der Waals surface area contributed by atoms with E-state index in [4.69, 9.17) is 19.4 Å². The fourth-order valence-corrected chi connectivity index (χ4v) is 9.44. The van der Waals surface area contributed by atoms with Crippen LogP contribution >= 0.6 is 0 Å². The van der Waals surface area contributed by atoms with Gasteiger partial charge in [0.15, 0.2) is 5.82 Å². The summed E-state index contributed by atoms with van der Waals surface area (Å²) in [6.45, 7) is 12.8. The first-order chi connectivity index (χ1) is 33.2. The van der Waals surface area contributed by atoms with Crippen molar-refractivity contribution in [3.63, 3.8) is 0 Å². The predicted octanol–water partition coefficient (Wildman–Crippen LogP) is 13.5. The van der Waals surface area contributed by atoms with E-state index in [1.807, 2.05) is 91.5 Å². The third-order valence-electron chi connectivity index (χ3n) is 12.6. The number of benzene rings is 6. The van der Waals surface area contributed by atoms with Crippen molar-refractivity contribution in [3.05, 3.63) is 175 Å². The molecule has 0 saturated carbocycles. The van der Waals surface area contributed by atoms with Gasteiger partial charge in [-0.05, 0) is 59.0 Å². The first-order valence-electron chi connectivity index (χ1n) is 22.9. The molecule has 6 aromatic heterocycles. The van der Waals surface area contributed by atoms with Crippen LogP contribution in [0.4, 0.5) is 0 Å². The Morgan fingerprint density at radius 3 is 1.26 bits per heavy atom. The van der Waals surface area contributed by atoms with Gasteiger partial charge < -0.3 is 23.2 Å². The van der Waals surface area contributed by atoms with Crippen molar-refractivity contribution in [3.8, 4) is 40.6 Å². The van der Waals surface area contributed by atoms with Crippen molar-refractivity contribution in [1.82, 2.24) is 44.1 Å². The van der Waals surface area contributed by atoms with E-state index in [2.05, 4.69) is 142 Å². The number of para-hydroxylation sites is 2. The number of rotatable bonds is 10. The molecule has 13 heteroatoms. The van der Waals surface area contributed by atoms with Crippen LogP contribution in [0.2, 0.25) is 0 Å². The zero-order valence-electron chi connectivity index (χ0n) is 38.9. The van der Waals surface area contributed by atoms with E-state index in [1.165, 1.54) is 0 Å². The number of ether oxygens (including phenoxy) is 2. The van der Waals surface area contributed by atoms with Crippen molar-refractivity contribution in [2.75, 3.05) is 0 Å². The van der Waals surface area contributed by atoms with Gasteiger partial charge in [0.1, 0.15) is 11.6 Å². The van der Waals surface area contributed by atoms with E-state index in [0.29, 0.717) is 39.9 Å². The van der Waals surface area contributed by atoms with Crippen LogP contribution in [0.1, 0.15) is 76.2 Å². The molecule has 11 nitrogen and oxygen atoms in total. The molecular weight excluding hydrogens is 1230 g/mol. The van der Waals surface area contributed by atoms with Gasteiger partial charge in [0.25, 0.3) is 5.95 Å². The van der Waals surface area contributed by atoms with E-state index < -0.39 is 0 Å². The van der Waals surface area contributed by atoms with E-state index in [1.54, 1.807) is 0 Å². The molecule has 0 spiro atoms. The zero-order chi connectivity index (χ0) is 46.2. The van der Waals surface area contributed by atoms with Gasteiger partial charge in [0.05, 0.1) is 0 Å². The van der Waals surface area contributed by atoms with Crippen LogP contribution in [-0.4, -0.2) is 44.1 Å². The maximum Gasteiger partial charge on any atom is 2.00 e. The molecule has 70 heavy (non-hydrogen) atoms. The van der Waals surface area contributed by atoms with Gasteiger partial charge in [-0.15, -0.1) is 80.1 Å². The van der Waals surface area contributed by atoms with Crippen LogP contribution in [-0.2, 0) is 42.1 Å². The minimum atomic E-state index is 0. The van der Waals surface area contributed by atoms with Gasteiger partial charge in [0, 0.05) is 52.3 Å². The third-order valence-corrected chi connectivity index (χ3v) is 12.6. The second-order valence-electron chi connectivity index (χ2n) is 17.9. The van der Waals surface area contributed by atoms with Crippen molar-refractivity contribution in [1.29, 1.82) is 0 Å². The molecule has 0 radical (unpaired) electrons. The van der Waals surface area contributed by atoms with Crippen molar-refractivity contribution in [2.45, 2.75) is 59.3 Å². The van der Waals surface area contributed by atoms with Crippen LogP contribution in [0.15, 0.2) is 134 Å². The third kappa shape index (κ3) is 7.86. The average molecular weight is 1280 g/mol. The minimum absolute atomic E-state index is 0. The topological polar surface area (TPSA) is 111 Å². The summed E-state index contributed by atoms with van der Waals surface area (Å²) in [5.74, 6) is 4.90. The SMILES string of the molecule is CC(C)c1nnc(-n2c3[c-]c(Oc4[c-]c5c(c(C(C)C)c4)c4ccccc4n5-c4ccccn4)ccc3c3ccc(Oc4[c-]c5c(c(C(C)C)c4)c4ccccc4n5-c4ccccn4)[c-]c32)nn1.[Pt+2].[Pt+2]. The molecule has 6 heterocycles. The Bertz CT molecular complexity index is 3670. The number of hydrogen-bond donors (Lipinski definition) is 0. The molecule has 12 rings (SSSR count). The minimum Gasteiger partial charge on any atom is -0.509 e. The smallest absolute Gasteiger partial charge is 0.509 e. The predicted molar refractivity (Wildman–Crippen MR) is 267 cm³/mol. The molecule has 348 valence electrons. The summed E-state index contributed by atoms with van der Waals surface area (Å²) < 4.78 is 19.7. The number of fused-ring (bicyclic) bond motifs is 9. The molecule has 0 aliphatic rings. The monoisotopic (exact) mass is 1280 g/mol. The second kappa shape index (κ2) is 18.7. The summed E-state index contributed by atoms with van der Waals surface area (Å²) >= 11 is 0. The molecular formula is C57H43N9O2Pt2. The summed E-state index contributed by atoms with van der Waals surface area (Å²) in [5.41, 5.74) is 7.47. The van der Waals surface area contributed by atoms with E-state index in [-0.39, 0.29) is 65.8 Å². The molecule has 12 aromatic rings. The Morgan fingerprint density at radius 2 is 0.843 bits per heavy atom. The first kappa shape index (κ1) is 46.7. The van der Waals surface area contributed by atoms with Gasteiger partial charge >= 0.3 is 42.1 Å². The maximum absolute atomic E-state index is 6.77. The van der Waals surface area contributed by atoms with Crippen LogP contribution in [0.25, 0.3) is 83.0 Å². The summed E-state index contributed by atoms with van der Waals surface area (Å²) in [6, 6.07) is 55.2. The van der Waals surface area contributed by atoms with E-state index in [9.17, 15) is 0 Å². The largest absolute Gasteiger partial charge is 2.00 e. The average Bonchev–Trinajstić information content (AvgIpc) is 3.99. The Balaban J connectivity index is 0.00000284. The maximum atomic E-state index is 6.77. The Morgan fingerprint density at radius 1 is 0.414 bits per heavy atom. The summed E-state index contributed by atoms with van der Waals surface area (Å²) in [7, 11) is 0. The normalized spacial score (nSPS) is 11.7. The van der Waals surface area contributed by atoms with Gasteiger partial charge in [-0.1, -0.05) is 123 Å². The van der Waals surface area contributed by atoms with Crippen LogP contribution in [0.5, 0.6) is 23.0 Å². The fourth-order valence-electron chi connectivity index (χ4n) is 9.44. The number of nitrogens with zero attached hydrogens (tertiary/aromatic N) is 9. The van der Waals surface area contributed by atoms with Gasteiger partial charge in [-0.3, -0.25) is 0 Å². The molecule has 0 atom stereocenters. The molecule has 0 amide bonds. The molecule has 0 aliphatic heterocycles. The van der Waals surface area contributed by atoms with Crippen LogP contribution in [0.3, 0.4) is 0 Å². The molecule has 0 N–H and O–H groups in total. The zero-order valence-corrected chi connectivity index (χ0v) is 43.5. The van der Waals surface area contributed by atoms with Crippen LogP contribution in [0, 0.1) is 24.3 Å². The quantitative estimate of drug-likeness (QED) is 0.125. The summed E-state index contributed by atoms with van der Waals surface area (Å²) in [6.07, 6.45) is 3.62. The molecule has 6 aromatic carbocycles. The number of pyridine rings is 2. The summed E-state index contributed by atoms with van der Waals surface area (Å²) in [5, 5.41) is 24.5. The molecule has 0 fully saturated rings. The van der Waals surface area contributed by atoms with Crippen molar-refractivity contribution in [2.24, 2.45) is 0 Å². The fraction of sp³-hybridized carbons (Fsp3) is 0.158. The van der Waals surface area contributed by atoms with Crippen molar-refractivity contribution < 1.29 is 51.6 Å². The Kier molecular flexibility index (Phi) is 12.5. The molecule has 0 bridgehead atoms. The van der Waals surface area contributed by atoms with Crippen molar-refractivity contribution >= 4 is 65.4 Å². The Labute approximate surface area is 433 Å². The first-order valence-corrected chi connectivity index (χ1v) is 22.9. The molecule has 0 unspecified atom stereocenters. The van der Waals surface area contributed by atoms with Gasteiger partial charge in [-0.25, -0.2) is 9.97 Å².